The molecule has 0 spiro atoms. The van der Waals surface area contributed by atoms with Crippen LogP contribution in [0.25, 0.3) is 11.6 Å². The highest BCUT2D eigenvalue weighted by molar-refractivity contribution is 5.96. The van der Waals surface area contributed by atoms with Gasteiger partial charge in [-0.3, -0.25) is 0 Å². The lowest BCUT2D eigenvalue weighted by atomic mass is 9.88. The third-order valence-electron chi connectivity index (χ3n) is 4.26. The van der Waals surface area contributed by atoms with Gasteiger partial charge in [-0.25, -0.2) is 4.79 Å². The summed E-state index contributed by atoms with van der Waals surface area (Å²) >= 11 is 0. The van der Waals surface area contributed by atoms with Gasteiger partial charge in [0.05, 0.1) is 5.56 Å². The molecule has 0 heterocycles. The van der Waals surface area contributed by atoms with Gasteiger partial charge < -0.3 is 5.11 Å². The average Bonchev–Trinajstić information content (AvgIpc) is 2.60. The van der Waals surface area contributed by atoms with Crippen LogP contribution < -0.4 is 0 Å². The van der Waals surface area contributed by atoms with Crippen LogP contribution in [0.15, 0.2) is 54.6 Å². The second-order valence-electron chi connectivity index (χ2n) is 6.38. The number of allylic oxidation sites excluding steroid dienone is 1. The quantitative estimate of drug-likeness (QED) is 0.592. The molecular formula is C22H26O2. The molecule has 0 aliphatic carbocycles. The van der Waals surface area contributed by atoms with Crippen LogP contribution in [-0.2, 0) is 0 Å². The highest BCUT2D eigenvalue weighted by atomic mass is 16.4. The van der Waals surface area contributed by atoms with Gasteiger partial charge in [-0.15, -0.1) is 0 Å². The summed E-state index contributed by atoms with van der Waals surface area (Å²) in [4.78, 5) is 11.6. The number of carboxylic acids is 1. The fraction of sp³-hybridized carbons (Fsp3) is 0.318. The van der Waals surface area contributed by atoms with Crippen molar-refractivity contribution < 1.29 is 9.90 Å². The van der Waals surface area contributed by atoms with E-state index in [1.165, 1.54) is 12.8 Å². The van der Waals surface area contributed by atoms with Crippen LogP contribution in [0.5, 0.6) is 0 Å². The van der Waals surface area contributed by atoms with Crippen LogP contribution in [0.4, 0.5) is 0 Å². The van der Waals surface area contributed by atoms with Crippen molar-refractivity contribution in [3.63, 3.8) is 0 Å². The summed E-state index contributed by atoms with van der Waals surface area (Å²) in [5, 5.41) is 9.53. The number of hydrogen-bond acceptors (Lipinski definition) is 1. The molecular weight excluding hydrogens is 296 g/mol. The van der Waals surface area contributed by atoms with Crippen molar-refractivity contribution in [2.45, 2.75) is 39.5 Å². The third kappa shape index (κ3) is 5.09. The smallest absolute Gasteiger partial charge is 0.336 e. The van der Waals surface area contributed by atoms with Crippen LogP contribution in [0.3, 0.4) is 0 Å². The van der Waals surface area contributed by atoms with E-state index in [4.69, 9.17) is 0 Å². The Labute approximate surface area is 144 Å². The van der Waals surface area contributed by atoms with Crippen molar-refractivity contribution in [2.75, 3.05) is 0 Å². The van der Waals surface area contributed by atoms with Crippen LogP contribution in [0.1, 0.15) is 61.0 Å². The number of aromatic carboxylic acids is 1. The predicted octanol–water partition coefficient (Wildman–Crippen LogP) is 6.14. The molecule has 0 fully saturated rings. The van der Waals surface area contributed by atoms with Crippen LogP contribution >= 0.6 is 0 Å². The van der Waals surface area contributed by atoms with Crippen molar-refractivity contribution in [3.05, 3.63) is 71.3 Å². The van der Waals surface area contributed by atoms with Gasteiger partial charge in [-0.1, -0.05) is 87.7 Å². The second-order valence-corrected chi connectivity index (χ2v) is 6.38. The zero-order valence-electron chi connectivity index (χ0n) is 14.5. The Morgan fingerprint density at radius 3 is 2.29 bits per heavy atom. The zero-order valence-corrected chi connectivity index (χ0v) is 14.5. The van der Waals surface area contributed by atoms with Gasteiger partial charge in [0.25, 0.3) is 0 Å². The minimum absolute atomic E-state index is 0.377. The van der Waals surface area contributed by atoms with Crippen molar-refractivity contribution in [2.24, 2.45) is 5.92 Å². The largest absolute Gasteiger partial charge is 0.478 e. The van der Waals surface area contributed by atoms with Gasteiger partial charge in [-0.2, -0.15) is 0 Å². The summed E-state index contributed by atoms with van der Waals surface area (Å²) < 4.78 is 0. The SMILES string of the molecule is CCCCC(C)CC(=Cc1ccccc1)c1ccccc1C(=O)O. The zero-order chi connectivity index (χ0) is 17.4. The number of carbonyl (C=O) groups is 1. The van der Waals surface area contributed by atoms with Gasteiger partial charge >= 0.3 is 5.97 Å². The first-order valence-corrected chi connectivity index (χ1v) is 8.70. The molecule has 0 saturated carbocycles. The Bertz CT molecular complexity index is 686. The first kappa shape index (κ1) is 18.0. The van der Waals surface area contributed by atoms with Crippen molar-refractivity contribution in [1.29, 1.82) is 0 Å². The number of unbranched alkanes of at least 4 members (excludes halogenated alkanes) is 1. The first-order chi connectivity index (χ1) is 11.6. The predicted molar refractivity (Wildman–Crippen MR) is 101 cm³/mol. The molecule has 2 aromatic carbocycles. The molecule has 126 valence electrons. The highest BCUT2D eigenvalue weighted by Gasteiger charge is 2.15. The van der Waals surface area contributed by atoms with Crippen LogP contribution in [0.2, 0.25) is 0 Å². The fourth-order valence-corrected chi connectivity index (χ4v) is 2.98. The molecule has 0 aliphatic heterocycles. The van der Waals surface area contributed by atoms with Gasteiger partial charge in [0.15, 0.2) is 0 Å². The number of rotatable bonds is 8. The summed E-state index contributed by atoms with van der Waals surface area (Å²) in [6.45, 7) is 4.45. The maximum absolute atomic E-state index is 11.6. The molecule has 1 N–H and O–H groups in total. The topological polar surface area (TPSA) is 37.3 Å². The van der Waals surface area contributed by atoms with Gasteiger partial charge in [0.2, 0.25) is 0 Å². The van der Waals surface area contributed by atoms with E-state index in [0.717, 1.165) is 29.5 Å². The minimum Gasteiger partial charge on any atom is -0.478 e. The molecule has 24 heavy (non-hydrogen) atoms. The summed E-state index contributed by atoms with van der Waals surface area (Å²) in [6.07, 6.45) is 6.58. The lowest BCUT2D eigenvalue weighted by Crippen LogP contribution is -2.04. The van der Waals surface area contributed by atoms with E-state index in [9.17, 15) is 9.90 Å². The summed E-state index contributed by atoms with van der Waals surface area (Å²) in [6, 6.07) is 17.4. The molecule has 2 rings (SSSR count). The van der Waals surface area contributed by atoms with Crippen LogP contribution in [-0.4, -0.2) is 11.1 Å². The van der Waals surface area contributed by atoms with E-state index in [0.29, 0.717) is 11.5 Å². The maximum atomic E-state index is 11.6. The van der Waals surface area contributed by atoms with E-state index < -0.39 is 5.97 Å². The summed E-state index contributed by atoms with van der Waals surface area (Å²) in [7, 11) is 0. The molecule has 2 nitrogen and oxygen atoms in total. The Morgan fingerprint density at radius 1 is 1.04 bits per heavy atom. The van der Waals surface area contributed by atoms with Crippen LogP contribution in [0, 0.1) is 5.92 Å². The van der Waals surface area contributed by atoms with E-state index in [-0.39, 0.29) is 0 Å². The Hall–Kier alpha value is -2.35. The first-order valence-electron chi connectivity index (χ1n) is 8.70. The Kier molecular flexibility index (Phi) is 6.80. The Morgan fingerprint density at radius 2 is 1.67 bits per heavy atom. The molecule has 0 radical (unpaired) electrons. The van der Waals surface area contributed by atoms with E-state index in [2.05, 4.69) is 32.1 Å². The monoisotopic (exact) mass is 322 g/mol. The minimum atomic E-state index is -0.870. The van der Waals surface area contributed by atoms with E-state index in [1.54, 1.807) is 12.1 Å². The number of benzene rings is 2. The molecule has 0 aromatic heterocycles. The summed E-state index contributed by atoms with van der Waals surface area (Å²) in [5.41, 5.74) is 3.41. The van der Waals surface area contributed by atoms with Crippen molar-refractivity contribution >= 4 is 17.6 Å². The van der Waals surface area contributed by atoms with Gasteiger partial charge in [-0.05, 0) is 35.1 Å². The molecule has 0 saturated heterocycles. The molecule has 0 amide bonds. The van der Waals surface area contributed by atoms with E-state index >= 15 is 0 Å². The number of carboxylic acid groups (broad SMARTS) is 1. The average molecular weight is 322 g/mol. The lowest BCUT2D eigenvalue weighted by Gasteiger charge is -2.16. The van der Waals surface area contributed by atoms with Crippen molar-refractivity contribution in [1.82, 2.24) is 0 Å². The molecule has 0 bridgehead atoms. The molecule has 0 aliphatic rings. The highest BCUT2D eigenvalue weighted by Crippen LogP contribution is 2.30. The number of hydrogen-bond donors (Lipinski definition) is 1. The summed E-state index contributed by atoms with van der Waals surface area (Å²) in [5.74, 6) is -0.340. The maximum Gasteiger partial charge on any atom is 0.336 e. The Balaban J connectivity index is 2.40. The third-order valence-corrected chi connectivity index (χ3v) is 4.26. The second kappa shape index (κ2) is 9.07. The van der Waals surface area contributed by atoms with Crippen molar-refractivity contribution in [3.8, 4) is 0 Å². The molecule has 1 unspecified atom stereocenters. The molecule has 1 atom stereocenters. The van der Waals surface area contributed by atoms with Gasteiger partial charge in [0, 0.05) is 0 Å². The fourth-order valence-electron chi connectivity index (χ4n) is 2.98. The standard InChI is InChI=1S/C22H26O2/c1-3-4-10-17(2)15-19(16-18-11-6-5-7-12-18)20-13-8-9-14-21(20)22(23)24/h5-9,11-14,16-17H,3-4,10,15H2,1-2H3,(H,23,24). The molecule has 2 aromatic rings. The van der Waals surface area contributed by atoms with Gasteiger partial charge in [0.1, 0.15) is 0 Å². The van der Waals surface area contributed by atoms with E-state index in [1.807, 2.05) is 30.3 Å². The normalized spacial score (nSPS) is 12.8. The lowest BCUT2D eigenvalue weighted by molar-refractivity contribution is 0.0696. The molecule has 2 heteroatoms.